The monoisotopic (exact) mass is 509 g/mol. The fourth-order valence-electron chi connectivity index (χ4n) is 2.93. The van der Waals surface area contributed by atoms with E-state index in [4.69, 9.17) is 4.74 Å². The van der Waals surface area contributed by atoms with Crippen LogP contribution in [0.3, 0.4) is 0 Å². The molecule has 0 aliphatic heterocycles. The van der Waals surface area contributed by atoms with Crippen molar-refractivity contribution in [2.75, 3.05) is 30.0 Å². The number of carbonyl (C=O) groups excluding carboxylic acids is 1. The molecule has 0 bridgehead atoms. The Morgan fingerprint density at radius 2 is 1.83 bits per heavy atom. The van der Waals surface area contributed by atoms with E-state index in [-0.39, 0.29) is 36.0 Å². The van der Waals surface area contributed by atoms with Gasteiger partial charge in [-0.25, -0.2) is 18.1 Å². The second kappa shape index (κ2) is 11.1. The predicted octanol–water partition coefficient (Wildman–Crippen LogP) is 3.29. The van der Waals surface area contributed by atoms with Crippen molar-refractivity contribution >= 4 is 27.4 Å². The van der Waals surface area contributed by atoms with Gasteiger partial charge in [0, 0.05) is 43.4 Å². The molecule has 0 saturated heterocycles. The Kier molecular flexibility index (Phi) is 8.25. The van der Waals surface area contributed by atoms with Crippen molar-refractivity contribution in [1.29, 1.82) is 0 Å². The van der Waals surface area contributed by atoms with Crippen LogP contribution in [0, 0.1) is 0 Å². The molecular formula is C22H22F3N5O4S. The van der Waals surface area contributed by atoms with Gasteiger partial charge in [-0.3, -0.25) is 9.78 Å². The molecule has 3 rings (SSSR count). The third kappa shape index (κ3) is 8.22. The Morgan fingerprint density at radius 3 is 2.51 bits per heavy atom. The quantitative estimate of drug-likeness (QED) is 0.359. The van der Waals surface area contributed by atoms with E-state index in [1.54, 1.807) is 24.5 Å². The number of benzene rings is 1. The summed E-state index contributed by atoms with van der Waals surface area (Å²) in [5, 5.41) is 5.47. The molecule has 3 aromatic rings. The number of pyridine rings is 2. The van der Waals surface area contributed by atoms with E-state index in [1.165, 1.54) is 24.4 Å². The van der Waals surface area contributed by atoms with Gasteiger partial charge in [-0.05, 0) is 42.0 Å². The van der Waals surface area contributed by atoms with E-state index in [2.05, 4.69) is 25.3 Å². The van der Waals surface area contributed by atoms with Crippen molar-refractivity contribution < 1.29 is 31.1 Å². The van der Waals surface area contributed by atoms with E-state index in [0.29, 0.717) is 6.54 Å². The highest BCUT2D eigenvalue weighted by atomic mass is 32.2. The van der Waals surface area contributed by atoms with Gasteiger partial charge in [0.1, 0.15) is 18.2 Å². The van der Waals surface area contributed by atoms with Crippen LogP contribution in [0.1, 0.15) is 21.5 Å². The number of halogens is 3. The first-order valence-electron chi connectivity index (χ1n) is 10.2. The van der Waals surface area contributed by atoms with Gasteiger partial charge in [-0.15, -0.1) is 0 Å². The maximum absolute atomic E-state index is 13.4. The molecule has 13 heteroatoms. The van der Waals surface area contributed by atoms with E-state index in [0.717, 1.165) is 24.0 Å². The molecule has 0 spiro atoms. The molecule has 2 heterocycles. The van der Waals surface area contributed by atoms with Crippen molar-refractivity contribution in [2.45, 2.75) is 12.7 Å². The third-order valence-electron chi connectivity index (χ3n) is 4.49. The lowest BCUT2D eigenvalue weighted by atomic mass is 10.1. The van der Waals surface area contributed by atoms with Gasteiger partial charge in [0.25, 0.3) is 5.91 Å². The Bertz CT molecular complexity index is 1270. The molecule has 1 aromatic carbocycles. The number of nitrogens with one attached hydrogen (secondary N) is 3. The zero-order chi connectivity index (χ0) is 25.5. The van der Waals surface area contributed by atoms with Gasteiger partial charge in [-0.2, -0.15) is 13.2 Å². The minimum absolute atomic E-state index is 0.124. The summed E-state index contributed by atoms with van der Waals surface area (Å²) in [7, 11) is -3.47. The Labute approximate surface area is 199 Å². The first-order chi connectivity index (χ1) is 16.5. The number of alkyl halides is 3. The van der Waals surface area contributed by atoms with Gasteiger partial charge < -0.3 is 15.4 Å². The van der Waals surface area contributed by atoms with Crippen LogP contribution in [0.15, 0.2) is 61.1 Å². The number of amides is 1. The Balaban J connectivity index is 1.76. The lowest BCUT2D eigenvalue weighted by molar-refractivity contribution is -0.137. The van der Waals surface area contributed by atoms with Crippen LogP contribution < -0.4 is 20.1 Å². The fraction of sp³-hybridized carbons (Fsp3) is 0.227. The van der Waals surface area contributed by atoms with Crippen molar-refractivity contribution in [1.82, 2.24) is 14.7 Å². The fourth-order valence-corrected chi connectivity index (χ4v) is 3.38. The normalized spacial score (nSPS) is 11.7. The van der Waals surface area contributed by atoms with E-state index in [9.17, 15) is 26.4 Å². The maximum atomic E-state index is 13.4. The first kappa shape index (κ1) is 25.9. The SMILES string of the molecule is CS(=O)(=O)NCCOc1cc(NC(=O)c2cccnc2NCc2ccncc2)cc(C(F)(F)F)c1. The molecule has 3 N–H and O–H groups in total. The van der Waals surface area contributed by atoms with Crippen LogP contribution in [0.4, 0.5) is 24.7 Å². The van der Waals surface area contributed by atoms with Crippen LogP contribution >= 0.6 is 0 Å². The topological polar surface area (TPSA) is 122 Å². The largest absolute Gasteiger partial charge is 0.492 e. The Morgan fingerprint density at radius 1 is 1.09 bits per heavy atom. The summed E-state index contributed by atoms with van der Waals surface area (Å²) in [5.74, 6) is -0.621. The van der Waals surface area contributed by atoms with Crippen LogP contribution in [0.2, 0.25) is 0 Å². The number of aromatic nitrogens is 2. The zero-order valence-electron chi connectivity index (χ0n) is 18.5. The second-order valence-corrected chi connectivity index (χ2v) is 9.15. The van der Waals surface area contributed by atoms with Gasteiger partial charge >= 0.3 is 6.18 Å². The molecule has 1 amide bonds. The molecule has 0 fully saturated rings. The molecule has 0 aliphatic carbocycles. The summed E-state index contributed by atoms with van der Waals surface area (Å²) in [6.07, 6.45) is 0.965. The second-order valence-electron chi connectivity index (χ2n) is 7.32. The van der Waals surface area contributed by atoms with E-state index >= 15 is 0 Å². The predicted molar refractivity (Wildman–Crippen MR) is 124 cm³/mol. The number of rotatable bonds is 10. The summed E-state index contributed by atoms with van der Waals surface area (Å²) in [4.78, 5) is 21.0. The molecule has 9 nitrogen and oxygen atoms in total. The van der Waals surface area contributed by atoms with Crippen LogP contribution in [0.5, 0.6) is 5.75 Å². The number of anilines is 2. The zero-order valence-corrected chi connectivity index (χ0v) is 19.3. The minimum atomic E-state index is -4.70. The first-order valence-corrected chi connectivity index (χ1v) is 12.1. The number of sulfonamides is 1. The molecule has 0 aliphatic rings. The minimum Gasteiger partial charge on any atom is -0.492 e. The lowest BCUT2D eigenvalue weighted by Gasteiger charge is -2.15. The smallest absolute Gasteiger partial charge is 0.416 e. The van der Waals surface area contributed by atoms with E-state index in [1.807, 2.05) is 0 Å². The summed E-state index contributed by atoms with van der Waals surface area (Å²) < 4.78 is 69.9. The highest BCUT2D eigenvalue weighted by Gasteiger charge is 2.31. The van der Waals surface area contributed by atoms with Crippen molar-refractivity contribution in [3.05, 3.63) is 77.7 Å². The van der Waals surface area contributed by atoms with Crippen molar-refractivity contribution in [3.63, 3.8) is 0 Å². The number of ether oxygens (including phenoxy) is 1. The third-order valence-corrected chi connectivity index (χ3v) is 5.22. The molecular weight excluding hydrogens is 487 g/mol. The number of hydrogen-bond donors (Lipinski definition) is 3. The van der Waals surface area contributed by atoms with Crippen LogP contribution in [0.25, 0.3) is 0 Å². The number of hydrogen-bond acceptors (Lipinski definition) is 7. The van der Waals surface area contributed by atoms with E-state index < -0.39 is 27.7 Å². The molecule has 0 radical (unpaired) electrons. The molecule has 35 heavy (non-hydrogen) atoms. The molecule has 186 valence electrons. The Hall–Kier alpha value is -3.71. The summed E-state index contributed by atoms with van der Waals surface area (Å²) in [5.41, 5.74) is -0.177. The van der Waals surface area contributed by atoms with Crippen molar-refractivity contribution in [2.24, 2.45) is 0 Å². The number of nitrogens with zero attached hydrogens (tertiary/aromatic N) is 2. The van der Waals surface area contributed by atoms with Gasteiger partial charge in [0.2, 0.25) is 10.0 Å². The van der Waals surface area contributed by atoms with Gasteiger partial charge in [0.15, 0.2) is 0 Å². The van der Waals surface area contributed by atoms with Crippen LogP contribution in [-0.2, 0) is 22.7 Å². The van der Waals surface area contributed by atoms with Gasteiger partial charge in [0.05, 0.1) is 17.4 Å². The van der Waals surface area contributed by atoms with Crippen LogP contribution in [-0.4, -0.2) is 43.7 Å². The summed E-state index contributed by atoms with van der Waals surface area (Å²) in [6, 6.07) is 9.34. The highest BCUT2D eigenvalue weighted by Crippen LogP contribution is 2.34. The maximum Gasteiger partial charge on any atom is 0.416 e. The summed E-state index contributed by atoms with van der Waals surface area (Å²) >= 11 is 0. The molecule has 2 aromatic heterocycles. The molecule has 0 saturated carbocycles. The number of carbonyl (C=O) groups is 1. The molecule has 0 atom stereocenters. The van der Waals surface area contributed by atoms with Gasteiger partial charge in [-0.1, -0.05) is 0 Å². The van der Waals surface area contributed by atoms with Crippen molar-refractivity contribution in [3.8, 4) is 5.75 Å². The summed E-state index contributed by atoms with van der Waals surface area (Å²) in [6.45, 7) is -0.00468. The standard InChI is InChI=1S/C22H22F3N5O4S/c1-35(32,33)29-9-10-34-18-12-16(22(23,24)25)11-17(13-18)30-21(31)19-3-2-6-27-20(19)28-14-15-4-7-26-8-5-15/h2-8,11-13,29H,9-10,14H2,1H3,(H,27,28)(H,30,31). The average Bonchev–Trinajstić information content (AvgIpc) is 2.80. The lowest BCUT2D eigenvalue weighted by Crippen LogP contribution is -2.27. The molecule has 0 unspecified atom stereocenters. The average molecular weight is 510 g/mol. The highest BCUT2D eigenvalue weighted by molar-refractivity contribution is 7.88.